The third-order valence-corrected chi connectivity index (χ3v) is 5.73. The van der Waals surface area contributed by atoms with Gasteiger partial charge >= 0.3 is 0 Å². The molecule has 0 aliphatic rings. The molecule has 0 atom stereocenters. The Labute approximate surface area is 143 Å². The van der Waals surface area contributed by atoms with Crippen LogP contribution in [0.2, 0.25) is 0 Å². The van der Waals surface area contributed by atoms with Crippen molar-refractivity contribution in [3.63, 3.8) is 0 Å². The summed E-state index contributed by atoms with van der Waals surface area (Å²) in [6, 6.07) is 2.06. The van der Waals surface area contributed by atoms with Crippen LogP contribution in [0.1, 0.15) is 52.0 Å². The molecule has 0 aliphatic carbocycles. The van der Waals surface area contributed by atoms with Gasteiger partial charge in [0.25, 0.3) is 5.91 Å². The number of pyridine rings is 1. The summed E-state index contributed by atoms with van der Waals surface area (Å²) < 4.78 is 0. The average molecular weight is 345 g/mol. The summed E-state index contributed by atoms with van der Waals surface area (Å²) in [7, 11) is 0. The Morgan fingerprint density at radius 3 is 2.61 bits per heavy atom. The minimum atomic E-state index is -0.104. The maximum atomic E-state index is 12.6. The number of hydrogen-bond acceptors (Lipinski definition) is 5. The second kappa shape index (κ2) is 6.02. The van der Waals surface area contributed by atoms with Gasteiger partial charge in [-0.15, -0.1) is 22.7 Å². The maximum Gasteiger partial charge on any atom is 0.267 e. The minimum Gasteiger partial charge on any atom is -0.297 e. The number of aromatic nitrogens is 2. The van der Waals surface area contributed by atoms with Gasteiger partial charge in [-0.25, -0.2) is 9.97 Å². The second-order valence-electron chi connectivity index (χ2n) is 6.00. The Hall–Kier alpha value is -1.79. The largest absolute Gasteiger partial charge is 0.297 e. The first kappa shape index (κ1) is 16.1. The molecule has 0 spiro atoms. The van der Waals surface area contributed by atoms with E-state index in [1.165, 1.54) is 22.7 Å². The van der Waals surface area contributed by atoms with Crippen molar-refractivity contribution in [2.24, 2.45) is 0 Å². The number of aryl methyl sites for hydroxylation is 3. The van der Waals surface area contributed by atoms with Crippen LogP contribution in [0.15, 0.2) is 11.4 Å². The van der Waals surface area contributed by atoms with Gasteiger partial charge in [-0.05, 0) is 43.9 Å². The molecule has 3 heterocycles. The molecular weight excluding hydrogens is 326 g/mol. The van der Waals surface area contributed by atoms with E-state index in [1.54, 1.807) is 0 Å². The molecule has 0 saturated carbocycles. The van der Waals surface area contributed by atoms with Gasteiger partial charge in [-0.3, -0.25) is 10.1 Å². The van der Waals surface area contributed by atoms with Crippen molar-refractivity contribution in [3.8, 4) is 0 Å². The standard InChI is InChI=1S/C17H19N3OS2/c1-8(2)12-7-22-17(19-12)20-15(21)14-11(5)13-9(3)6-10(4)18-16(13)23-14/h6-8H,1-5H3,(H,19,20,21). The molecule has 3 aromatic rings. The third-order valence-electron chi connectivity index (χ3n) is 3.77. The number of nitrogens with zero attached hydrogens (tertiary/aromatic N) is 2. The lowest BCUT2D eigenvalue weighted by Crippen LogP contribution is -2.11. The van der Waals surface area contributed by atoms with E-state index in [0.29, 0.717) is 15.9 Å². The number of amides is 1. The van der Waals surface area contributed by atoms with Crippen LogP contribution >= 0.6 is 22.7 Å². The molecule has 0 fully saturated rings. The second-order valence-corrected chi connectivity index (χ2v) is 7.86. The predicted octanol–water partition coefficient (Wildman–Crippen LogP) is 5.05. The van der Waals surface area contributed by atoms with Crippen molar-refractivity contribution in [3.05, 3.63) is 38.8 Å². The molecule has 1 amide bonds. The number of hydrogen-bond donors (Lipinski definition) is 1. The van der Waals surface area contributed by atoms with Gasteiger partial charge in [0.2, 0.25) is 0 Å². The molecule has 0 radical (unpaired) electrons. The van der Waals surface area contributed by atoms with Gasteiger partial charge in [-0.2, -0.15) is 0 Å². The van der Waals surface area contributed by atoms with Gasteiger partial charge in [0.1, 0.15) is 4.83 Å². The molecule has 0 saturated heterocycles. The minimum absolute atomic E-state index is 0.104. The molecule has 4 nitrogen and oxygen atoms in total. The Balaban J connectivity index is 1.94. The highest BCUT2D eigenvalue weighted by Crippen LogP contribution is 2.33. The molecule has 0 unspecified atom stereocenters. The fourth-order valence-corrected chi connectivity index (χ4v) is 4.66. The quantitative estimate of drug-likeness (QED) is 0.722. The summed E-state index contributed by atoms with van der Waals surface area (Å²) in [5.74, 6) is 0.255. The first-order chi connectivity index (χ1) is 10.9. The third kappa shape index (κ3) is 3.01. The smallest absolute Gasteiger partial charge is 0.267 e. The van der Waals surface area contributed by atoms with E-state index in [-0.39, 0.29) is 5.91 Å². The normalized spacial score (nSPS) is 11.4. The lowest BCUT2D eigenvalue weighted by Gasteiger charge is -2.02. The fourth-order valence-electron chi connectivity index (χ4n) is 2.60. The van der Waals surface area contributed by atoms with Crippen molar-refractivity contribution in [1.82, 2.24) is 9.97 Å². The molecule has 3 rings (SSSR count). The Kier molecular flexibility index (Phi) is 4.21. The monoisotopic (exact) mass is 345 g/mol. The van der Waals surface area contributed by atoms with E-state index < -0.39 is 0 Å². The zero-order valence-electron chi connectivity index (χ0n) is 13.9. The summed E-state index contributed by atoms with van der Waals surface area (Å²) in [6.45, 7) is 10.2. The number of nitrogens with one attached hydrogen (secondary N) is 1. The van der Waals surface area contributed by atoms with Crippen molar-refractivity contribution in [1.29, 1.82) is 0 Å². The molecule has 1 N–H and O–H groups in total. The topological polar surface area (TPSA) is 54.9 Å². The van der Waals surface area contributed by atoms with E-state index in [4.69, 9.17) is 0 Å². The lowest BCUT2D eigenvalue weighted by molar-refractivity contribution is 0.103. The van der Waals surface area contributed by atoms with Crippen LogP contribution < -0.4 is 5.32 Å². The fraction of sp³-hybridized carbons (Fsp3) is 0.353. The summed E-state index contributed by atoms with van der Waals surface area (Å²) in [5.41, 5.74) is 4.14. The zero-order chi connectivity index (χ0) is 16.7. The van der Waals surface area contributed by atoms with Crippen molar-refractivity contribution < 1.29 is 4.79 Å². The number of rotatable bonds is 3. The molecule has 23 heavy (non-hydrogen) atoms. The van der Waals surface area contributed by atoms with Crippen LogP contribution in [0.3, 0.4) is 0 Å². The van der Waals surface area contributed by atoms with Crippen LogP contribution in [0, 0.1) is 20.8 Å². The van der Waals surface area contributed by atoms with E-state index >= 15 is 0 Å². The van der Waals surface area contributed by atoms with Gasteiger partial charge in [0, 0.05) is 16.5 Å². The SMILES string of the molecule is Cc1cc(C)c2c(C)c(C(=O)Nc3nc(C(C)C)cs3)sc2n1. The van der Waals surface area contributed by atoms with Gasteiger partial charge < -0.3 is 0 Å². The first-order valence-corrected chi connectivity index (χ1v) is 9.20. The Bertz CT molecular complexity index is 893. The number of carbonyl (C=O) groups excluding carboxylic acids is 1. The van der Waals surface area contributed by atoms with Crippen LogP contribution in [0.25, 0.3) is 10.2 Å². The Morgan fingerprint density at radius 2 is 1.96 bits per heavy atom. The number of carbonyl (C=O) groups is 1. The van der Waals surface area contributed by atoms with Crippen LogP contribution in [-0.2, 0) is 0 Å². The van der Waals surface area contributed by atoms with Crippen LogP contribution in [0.5, 0.6) is 0 Å². The lowest BCUT2D eigenvalue weighted by atomic mass is 10.1. The van der Waals surface area contributed by atoms with E-state index in [1.807, 2.05) is 19.2 Å². The zero-order valence-corrected chi connectivity index (χ0v) is 15.5. The van der Waals surface area contributed by atoms with Gasteiger partial charge in [0.15, 0.2) is 5.13 Å². The van der Waals surface area contributed by atoms with Gasteiger partial charge in [-0.1, -0.05) is 13.8 Å². The molecule has 3 aromatic heterocycles. The van der Waals surface area contributed by atoms with Crippen LogP contribution in [-0.4, -0.2) is 15.9 Å². The van der Waals surface area contributed by atoms with Crippen molar-refractivity contribution >= 4 is 43.9 Å². The highest BCUT2D eigenvalue weighted by Gasteiger charge is 2.19. The molecule has 0 bridgehead atoms. The number of fused-ring (bicyclic) bond motifs is 1. The molecular formula is C17H19N3OS2. The molecule has 6 heteroatoms. The predicted molar refractivity (Wildman–Crippen MR) is 98.0 cm³/mol. The number of anilines is 1. The van der Waals surface area contributed by atoms with Crippen molar-refractivity contribution in [2.75, 3.05) is 5.32 Å². The summed E-state index contributed by atoms with van der Waals surface area (Å²) >= 11 is 2.91. The molecule has 0 aliphatic heterocycles. The summed E-state index contributed by atoms with van der Waals surface area (Å²) in [4.78, 5) is 23.3. The van der Waals surface area contributed by atoms with Gasteiger partial charge in [0.05, 0.1) is 10.6 Å². The average Bonchev–Trinajstić information content (AvgIpc) is 3.03. The summed E-state index contributed by atoms with van der Waals surface area (Å²) in [5, 5.41) is 6.65. The Morgan fingerprint density at radius 1 is 1.22 bits per heavy atom. The van der Waals surface area contributed by atoms with E-state index in [9.17, 15) is 4.79 Å². The van der Waals surface area contributed by atoms with Crippen molar-refractivity contribution in [2.45, 2.75) is 40.5 Å². The van der Waals surface area contributed by atoms with Crippen LogP contribution in [0.4, 0.5) is 5.13 Å². The highest BCUT2D eigenvalue weighted by atomic mass is 32.1. The number of thiazole rings is 1. The summed E-state index contributed by atoms with van der Waals surface area (Å²) in [6.07, 6.45) is 0. The molecule has 0 aromatic carbocycles. The highest BCUT2D eigenvalue weighted by molar-refractivity contribution is 7.21. The number of thiophene rings is 1. The van der Waals surface area contributed by atoms with E-state index in [0.717, 1.165) is 32.7 Å². The molecule has 120 valence electrons. The first-order valence-electron chi connectivity index (χ1n) is 7.51. The van der Waals surface area contributed by atoms with E-state index in [2.05, 4.69) is 42.1 Å². The maximum absolute atomic E-state index is 12.6.